The number of hydrogen-bond donors (Lipinski definition) is 1. The maximum atomic E-state index is 10.2. The molecule has 0 aromatic heterocycles. The molecule has 88 valence electrons. The lowest BCUT2D eigenvalue weighted by atomic mass is 9.88. The Balaban J connectivity index is 1.60. The summed E-state index contributed by atoms with van der Waals surface area (Å²) in [6.07, 6.45) is 2.38. The van der Waals surface area contributed by atoms with E-state index in [1.807, 2.05) is 24.3 Å². The second-order valence-electron chi connectivity index (χ2n) is 5.34. The molecule has 0 bridgehead atoms. The SMILES string of the molecule is N#Cc1cccc(CN2CC(O)(C3CC3)C2)c1. The van der Waals surface area contributed by atoms with Gasteiger partial charge in [0.25, 0.3) is 0 Å². The highest BCUT2D eigenvalue weighted by Crippen LogP contribution is 2.44. The van der Waals surface area contributed by atoms with Gasteiger partial charge in [0.1, 0.15) is 0 Å². The van der Waals surface area contributed by atoms with Crippen molar-refractivity contribution in [1.82, 2.24) is 4.90 Å². The molecule has 2 aliphatic rings. The quantitative estimate of drug-likeness (QED) is 0.853. The minimum absolute atomic E-state index is 0.410. The van der Waals surface area contributed by atoms with Gasteiger partial charge in [-0.15, -0.1) is 0 Å². The monoisotopic (exact) mass is 228 g/mol. The van der Waals surface area contributed by atoms with Crippen LogP contribution in [-0.2, 0) is 6.54 Å². The first-order valence-corrected chi connectivity index (χ1v) is 6.13. The Hall–Kier alpha value is -1.37. The van der Waals surface area contributed by atoms with E-state index in [4.69, 9.17) is 5.26 Å². The van der Waals surface area contributed by atoms with Crippen molar-refractivity contribution < 1.29 is 5.11 Å². The topological polar surface area (TPSA) is 47.3 Å². The number of rotatable bonds is 3. The maximum Gasteiger partial charge on any atom is 0.0991 e. The molecular weight excluding hydrogens is 212 g/mol. The van der Waals surface area contributed by atoms with Crippen LogP contribution in [0.15, 0.2) is 24.3 Å². The summed E-state index contributed by atoms with van der Waals surface area (Å²) in [4.78, 5) is 2.24. The van der Waals surface area contributed by atoms with Crippen LogP contribution < -0.4 is 0 Å². The van der Waals surface area contributed by atoms with Crippen LogP contribution in [0.5, 0.6) is 0 Å². The molecule has 1 saturated heterocycles. The van der Waals surface area contributed by atoms with Crippen LogP contribution in [0.1, 0.15) is 24.0 Å². The lowest BCUT2D eigenvalue weighted by molar-refractivity contribution is -0.116. The zero-order valence-corrected chi connectivity index (χ0v) is 9.76. The first-order valence-electron chi connectivity index (χ1n) is 6.13. The van der Waals surface area contributed by atoms with Gasteiger partial charge >= 0.3 is 0 Å². The fourth-order valence-corrected chi connectivity index (χ4v) is 2.72. The van der Waals surface area contributed by atoms with Gasteiger partial charge in [0, 0.05) is 19.6 Å². The van der Waals surface area contributed by atoms with Gasteiger partial charge in [-0.05, 0) is 36.5 Å². The van der Waals surface area contributed by atoms with Crippen LogP contribution in [0, 0.1) is 17.2 Å². The standard InChI is InChI=1S/C14H16N2O/c15-7-11-2-1-3-12(6-11)8-16-9-14(17,10-16)13-4-5-13/h1-3,6,13,17H,4-5,8-10H2. The third-order valence-corrected chi connectivity index (χ3v) is 3.79. The Morgan fingerprint density at radius 1 is 1.41 bits per heavy atom. The summed E-state index contributed by atoms with van der Waals surface area (Å²) in [5.41, 5.74) is 1.45. The van der Waals surface area contributed by atoms with Gasteiger partial charge in [0.05, 0.1) is 17.2 Å². The van der Waals surface area contributed by atoms with Crippen molar-refractivity contribution >= 4 is 0 Å². The van der Waals surface area contributed by atoms with E-state index in [1.54, 1.807) is 0 Å². The number of aliphatic hydroxyl groups is 1. The number of benzene rings is 1. The highest BCUT2D eigenvalue weighted by atomic mass is 16.3. The molecule has 1 aliphatic heterocycles. The van der Waals surface area contributed by atoms with Gasteiger partial charge in [0.15, 0.2) is 0 Å². The van der Waals surface area contributed by atoms with Crippen LogP contribution in [-0.4, -0.2) is 28.7 Å². The predicted octanol–water partition coefficient (Wildman–Crippen LogP) is 1.51. The van der Waals surface area contributed by atoms with Gasteiger partial charge in [0.2, 0.25) is 0 Å². The zero-order valence-electron chi connectivity index (χ0n) is 9.76. The van der Waals surface area contributed by atoms with Crippen molar-refractivity contribution in [3.63, 3.8) is 0 Å². The summed E-state index contributed by atoms with van der Waals surface area (Å²) in [7, 11) is 0. The molecule has 0 atom stereocenters. The fraction of sp³-hybridized carbons (Fsp3) is 0.500. The molecule has 1 N–H and O–H groups in total. The lowest BCUT2D eigenvalue weighted by Crippen LogP contribution is -2.62. The molecule has 1 aliphatic carbocycles. The number of nitriles is 1. The number of β-amino-alcohol motifs (C(OH)–C–C–N with tert-alkyl or cyclic N) is 1. The van der Waals surface area contributed by atoms with E-state index in [-0.39, 0.29) is 0 Å². The number of likely N-dealkylation sites (tertiary alicyclic amines) is 1. The number of nitrogens with zero attached hydrogens (tertiary/aromatic N) is 2. The first kappa shape index (κ1) is 10.8. The minimum Gasteiger partial charge on any atom is -0.387 e. The summed E-state index contributed by atoms with van der Waals surface area (Å²) in [6, 6.07) is 9.85. The second kappa shape index (κ2) is 3.83. The van der Waals surface area contributed by atoms with Crippen LogP contribution >= 0.6 is 0 Å². The molecule has 0 amide bonds. The van der Waals surface area contributed by atoms with Crippen LogP contribution in [0.2, 0.25) is 0 Å². The normalized spacial score (nSPS) is 22.8. The first-order chi connectivity index (χ1) is 8.19. The Bertz CT molecular complexity index is 467. The molecule has 0 unspecified atom stereocenters. The summed E-state index contributed by atoms with van der Waals surface area (Å²) in [5.74, 6) is 0.546. The van der Waals surface area contributed by atoms with Crippen molar-refractivity contribution in [2.75, 3.05) is 13.1 Å². The van der Waals surface area contributed by atoms with Crippen molar-refractivity contribution in [2.24, 2.45) is 5.92 Å². The summed E-state index contributed by atoms with van der Waals surface area (Å²) < 4.78 is 0. The van der Waals surface area contributed by atoms with E-state index >= 15 is 0 Å². The average Bonchev–Trinajstić information content (AvgIpc) is 3.11. The van der Waals surface area contributed by atoms with E-state index in [1.165, 1.54) is 12.8 Å². The highest BCUT2D eigenvalue weighted by molar-refractivity contribution is 5.32. The molecule has 1 saturated carbocycles. The average molecular weight is 228 g/mol. The van der Waals surface area contributed by atoms with Crippen molar-refractivity contribution in [2.45, 2.75) is 25.0 Å². The predicted molar refractivity (Wildman–Crippen MR) is 64.1 cm³/mol. The molecule has 3 nitrogen and oxygen atoms in total. The Morgan fingerprint density at radius 3 is 2.82 bits per heavy atom. The lowest BCUT2D eigenvalue weighted by Gasteiger charge is -2.47. The van der Waals surface area contributed by atoms with E-state index in [0.717, 1.165) is 25.2 Å². The van der Waals surface area contributed by atoms with Crippen LogP contribution in [0.4, 0.5) is 0 Å². The highest BCUT2D eigenvalue weighted by Gasteiger charge is 2.51. The van der Waals surface area contributed by atoms with Gasteiger partial charge in [-0.3, -0.25) is 4.90 Å². The fourth-order valence-electron chi connectivity index (χ4n) is 2.72. The van der Waals surface area contributed by atoms with E-state index in [0.29, 0.717) is 11.5 Å². The molecule has 1 aromatic carbocycles. The van der Waals surface area contributed by atoms with Crippen LogP contribution in [0.3, 0.4) is 0 Å². The Labute approximate surface area is 101 Å². The smallest absolute Gasteiger partial charge is 0.0991 e. The summed E-state index contributed by atoms with van der Waals surface area (Å²) in [5, 5.41) is 19.0. The van der Waals surface area contributed by atoms with Crippen molar-refractivity contribution in [3.8, 4) is 6.07 Å². The van der Waals surface area contributed by atoms with E-state index < -0.39 is 5.60 Å². The minimum atomic E-state index is -0.410. The second-order valence-corrected chi connectivity index (χ2v) is 5.34. The molecular formula is C14H16N2O. The van der Waals surface area contributed by atoms with Gasteiger partial charge in [-0.25, -0.2) is 0 Å². The molecule has 3 heteroatoms. The summed E-state index contributed by atoms with van der Waals surface area (Å²) in [6.45, 7) is 2.41. The molecule has 0 radical (unpaired) electrons. The Morgan fingerprint density at radius 2 is 2.18 bits per heavy atom. The third-order valence-electron chi connectivity index (χ3n) is 3.79. The molecule has 3 rings (SSSR count). The molecule has 0 spiro atoms. The van der Waals surface area contributed by atoms with Gasteiger partial charge in [-0.1, -0.05) is 12.1 Å². The maximum absolute atomic E-state index is 10.2. The number of hydrogen-bond acceptors (Lipinski definition) is 3. The molecule has 1 aromatic rings. The van der Waals surface area contributed by atoms with Crippen LogP contribution in [0.25, 0.3) is 0 Å². The van der Waals surface area contributed by atoms with Crippen molar-refractivity contribution in [3.05, 3.63) is 35.4 Å². The molecule has 1 heterocycles. The summed E-state index contributed by atoms with van der Waals surface area (Å²) >= 11 is 0. The van der Waals surface area contributed by atoms with E-state index in [2.05, 4.69) is 11.0 Å². The molecule has 17 heavy (non-hydrogen) atoms. The van der Waals surface area contributed by atoms with Crippen molar-refractivity contribution in [1.29, 1.82) is 5.26 Å². The zero-order chi connectivity index (χ0) is 11.9. The Kier molecular flexibility index (Phi) is 2.43. The van der Waals surface area contributed by atoms with E-state index in [9.17, 15) is 5.11 Å². The van der Waals surface area contributed by atoms with Gasteiger partial charge < -0.3 is 5.11 Å². The van der Waals surface area contributed by atoms with Gasteiger partial charge in [-0.2, -0.15) is 5.26 Å². The third kappa shape index (κ3) is 2.06. The molecule has 2 fully saturated rings. The largest absolute Gasteiger partial charge is 0.387 e.